The van der Waals surface area contributed by atoms with Crippen LogP contribution < -0.4 is 5.56 Å². The third-order valence-corrected chi connectivity index (χ3v) is 5.26. The van der Waals surface area contributed by atoms with Crippen LogP contribution in [-0.2, 0) is 19.4 Å². The molecule has 0 bridgehead atoms. The molecule has 0 aromatic carbocycles. The summed E-state index contributed by atoms with van der Waals surface area (Å²) in [7, 11) is 0. The Kier molecular flexibility index (Phi) is 3.64. The fourth-order valence-electron chi connectivity index (χ4n) is 2.63. The lowest BCUT2D eigenvalue weighted by molar-refractivity contribution is 0.669. The lowest BCUT2D eigenvalue weighted by Gasteiger charge is -2.11. The predicted octanol–water partition coefficient (Wildman–Crippen LogP) is 3.10. The number of thiocyanates is 1. The standard InChI is InChI=1S/C14H13N3OS2/c1-2-7-17-13(18)11-9-5-3-4-6-10(9)20-12(11)16-14(17)19-8-15/h2H,1,3-7H2. The van der Waals surface area contributed by atoms with Gasteiger partial charge in [0.2, 0.25) is 0 Å². The van der Waals surface area contributed by atoms with E-state index in [1.165, 1.54) is 16.9 Å². The minimum absolute atomic E-state index is 0.0351. The van der Waals surface area contributed by atoms with Gasteiger partial charge < -0.3 is 0 Å². The zero-order valence-electron chi connectivity index (χ0n) is 10.9. The zero-order chi connectivity index (χ0) is 14.1. The van der Waals surface area contributed by atoms with E-state index in [1.807, 2.05) is 5.40 Å². The number of hydrogen-bond acceptors (Lipinski definition) is 5. The van der Waals surface area contributed by atoms with Gasteiger partial charge in [0.05, 0.1) is 5.39 Å². The van der Waals surface area contributed by atoms with Crippen molar-refractivity contribution in [2.75, 3.05) is 0 Å². The molecular weight excluding hydrogens is 290 g/mol. The lowest BCUT2D eigenvalue weighted by atomic mass is 9.97. The number of allylic oxidation sites excluding steroid dienone is 1. The molecule has 2 aromatic heterocycles. The normalized spacial score (nSPS) is 13.9. The first-order valence-corrected chi connectivity index (χ1v) is 8.11. The molecule has 4 nitrogen and oxygen atoms in total. The highest BCUT2D eigenvalue weighted by Crippen LogP contribution is 2.34. The highest BCUT2D eigenvalue weighted by Gasteiger charge is 2.21. The third-order valence-electron chi connectivity index (χ3n) is 3.49. The smallest absolute Gasteiger partial charge is 0.263 e. The van der Waals surface area contributed by atoms with Crippen molar-refractivity contribution in [2.24, 2.45) is 0 Å². The van der Waals surface area contributed by atoms with Crippen LogP contribution in [0.3, 0.4) is 0 Å². The number of hydrogen-bond donors (Lipinski definition) is 0. The van der Waals surface area contributed by atoms with Crippen molar-refractivity contribution in [3.63, 3.8) is 0 Å². The molecule has 2 heterocycles. The number of aryl methyl sites for hydroxylation is 2. The summed E-state index contributed by atoms with van der Waals surface area (Å²) < 4.78 is 1.55. The van der Waals surface area contributed by atoms with Crippen LogP contribution in [0.1, 0.15) is 23.3 Å². The van der Waals surface area contributed by atoms with Gasteiger partial charge in [0.1, 0.15) is 10.2 Å². The summed E-state index contributed by atoms with van der Waals surface area (Å²) in [6.45, 7) is 4.06. The van der Waals surface area contributed by atoms with Gasteiger partial charge >= 0.3 is 0 Å². The van der Waals surface area contributed by atoms with Crippen LogP contribution in [0.2, 0.25) is 0 Å². The molecule has 20 heavy (non-hydrogen) atoms. The van der Waals surface area contributed by atoms with Crippen LogP contribution in [0.4, 0.5) is 0 Å². The SMILES string of the molecule is C=CCn1c(SC#N)nc2sc3c(c2c1=O)CCCC3. The number of fused-ring (bicyclic) bond motifs is 3. The van der Waals surface area contributed by atoms with Crippen LogP contribution in [-0.4, -0.2) is 9.55 Å². The zero-order valence-corrected chi connectivity index (χ0v) is 12.5. The molecule has 0 N–H and O–H groups in total. The Hall–Kier alpha value is -1.58. The van der Waals surface area contributed by atoms with Crippen LogP contribution in [0.15, 0.2) is 22.6 Å². The summed E-state index contributed by atoms with van der Waals surface area (Å²) in [6.07, 6.45) is 5.98. The van der Waals surface area contributed by atoms with Gasteiger partial charge in [0.25, 0.3) is 5.56 Å². The summed E-state index contributed by atoms with van der Waals surface area (Å²) in [5.41, 5.74) is 1.15. The van der Waals surface area contributed by atoms with E-state index < -0.39 is 0 Å². The predicted molar refractivity (Wildman–Crippen MR) is 82.2 cm³/mol. The first-order valence-electron chi connectivity index (χ1n) is 6.48. The number of thiophene rings is 1. The molecule has 0 atom stereocenters. The molecular formula is C14H13N3OS2. The fraction of sp³-hybridized carbons (Fsp3) is 0.357. The van der Waals surface area contributed by atoms with E-state index in [0.29, 0.717) is 11.7 Å². The molecule has 1 aliphatic carbocycles. The van der Waals surface area contributed by atoms with E-state index in [9.17, 15) is 4.79 Å². The summed E-state index contributed by atoms with van der Waals surface area (Å²) >= 11 is 2.54. The average Bonchev–Trinajstić information content (AvgIpc) is 2.81. The molecule has 102 valence electrons. The number of rotatable bonds is 3. The van der Waals surface area contributed by atoms with E-state index in [-0.39, 0.29) is 5.56 Å². The second-order valence-electron chi connectivity index (χ2n) is 4.68. The Labute approximate surface area is 124 Å². The van der Waals surface area contributed by atoms with Gasteiger partial charge in [-0.15, -0.1) is 17.9 Å². The maximum atomic E-state index is 12.7. The van der Waals surface area contributed by atoms with E-state index in [4.69, 9.17) is 5.26 Å². The Balaban J connectivity index is 2.32. The summed E-state index contributed by atoms with van der Waals surface area (Å²) in [5, 5.41) is 12.1. The molecule has 0 saturated heterocycles. The molecule has 0 spiro atoms. The summed E-state index contributed by atoms with van der Waals surface area (Å²) in [4.78, 5) is 19.3. The topological polar surface area (TPSA) is 58.7 Å². The van der Waals surface area contributed by atoms with Crippen molar-refractivity contribution in [1.29, 1.82) is 5.26 Å². The van der Waals surface area contributed by atoms with Crippen LogP contribution in [0, 0.1) is 10.7 Å². The quantitative estimate of drug-likeness (QED) is 0.378. The monoisotopic (exact) mass is 303 g/mol. The van der Waals surface area contributed by atoms with Gasteiger partial charge in [-0.1, -0.05) is 6.08 Å². The second-order valence-corrected chi connectivity index (χ2v) is 6.52. The van der Waals surface area contributed by atoms with Gasteiger partial charge in [-0.3, -0.25) is 9.36 Å². The molecule has 0 aliphatic heterocycles. The number of aromatic nitrogens is 2. The lowest BCUT2D eigenvalue weighted by Crippen LogP contribution is -2.23. The van der Waals surface area contributed by atoms with Crippen LogP contribution in [0.25, 0.3) is 10.2 Å². The maximum Gasteiger partial charge on any atom is 0.263 e. The van der Waals surface area contributed by atoms with E-state index in [2.05, 4.69) is 11.6 Å². The molecule has 3 rings (SSSR count). The molecule has 0 saturated carbocycles. The molecule has 0 unspecified atom stereocenters. The maximum absolute atomic E-state index is 12.7. The molecule has 0 radical (unpaired) electrons. The van der Waals surface area contributed by atoms with Crippen molar-refractivity contribution in [3.8, 4) is 5.40 Å². The Morgan fingerprint density at radius 2 is 2.30 bits per heavy atom. The Morgan fingerprint density at radius 3 is 3.05 bits per heavy atom. The average molecular weight is 303 g/mol. The highest BCUT2D eigenvalue weighted by molar-refractivity contribution is 8.03. The first kappa shape index (κ1) is 13.4. The van der Waals surface area contributed by atoms with Crippen LogP contribution >= 0.6 is 23.1 Å². The number of nitriles is 1. The fourth-order valence-corrected chi connectivity index (χ4v) is 4.42. The van der Waals surface area contributed by atoms with Gasteiger partial charge in [-0.05, 0) is 31.2 Å². The Morgan fingerprint density at radius 1 is 1.50 bits per heavy atom. The van der Waals surface area contributed by atoms with E-state index in [0.717, 1.165) is 41.2 Å². The number of thioether (sulfide) groups is 1. The number of nitrogens with zero attached hydrogens (tertiary/aromatic N) is 3. The first-order chi connectivity index (χ1) is 9.76. The summed E-state index contributed by atoms with van der Waals surface area (Å²) in [6, 6.07) is 0. The minimum atomic E-state index is -0.0351. The van der Waals surface area contributed by atoms with Crippen molar-refractivity contribution < 1.29 is 0 Å². The van der Waals surface area contributed by atoms with Gasteiger partial charge in [-0.25, -0.2) is 4.98 Å². The van der Waals surface area contributed by atoms with Crippen molar-refractivity contribution in [1.82, 2.24) is 9.55 Å². The van der Waals surface area contributed by atoms with E-state index >= 15 is 0 Å². The molecule has 0 fully saturated rings. The van der Waals surface area contributed by atoms with Crippen molar-refractivity contribution in [2.45, 2.75) is 37.4 Å². The molecule has 1 aliphatic rings. The second kappa shape index (κ2) is 5.43. The molecule has 2 aromatic rings. The van der Waals surface area contributed by atoms with E-state index in [1.54, 1.807) is 22.0 Å². The van der Waals surface area contributed by atoms with Crippen molar-refractivity contribution in [3.05, 3.63) is 33.4 Å². The minimum Gasteiger partial charge on any atom is -0.282 e. The highest BCUT2D eigenvalue weighted by atomic mass is 32.2. The van der Waals surface area contributed by atoms with Gasteiger partial charge in [0, 0.05) is 23.2 Å². The third kappa shape index (κ3) is 2.07. The van der Waals surface area contributed by atoms with Crippen molar-refractivity contribution >= 4 is 33.3 Å². The summed E-state index contributed by atoms with van der Waals surface area (Å²) in [5.74, 6) is 0. The van der Waals surface area contributed by atoms with Gasteiger partial charge in [-0.2, -0.15) is 5.26 Å². The molecule has 0 amide bonds. The van der Waals surface area contributed by atoms with Gasteiger partial charge in [0.15, 0.2) is 5.16 Å². The largest absolute Gasteiger partial charge is 0.282 e. The van der Waals surface area contributed by atoms with Crippen LogP contribution in [0.5, 0.6) is 0 Å². The molecule has 6 heteroatoms. The Bertz CT molecular complexity index is 782.